The third-order valence-corrected chi connectivity index (χ3v) is 6.90. The molecule has 4 amide bonds. The lowest BCUT2D eigenvalue weighted by Gasteiger charge is -2.55. The second kappa shape index (κ2) is 11.6. The van der Waals surface area contributed by atoms with Gasteiger partial charge in [0.2, 0.25) is 11.8 Å². The Bertz CT molecular complexity index is 865. The molecule has 2 aliphatic heterocycles. The van der Waals surface area contributed by atoms with Gasteiger partial charge in [0.1, 0.15) is 18.0 Å². The summed E-state index contributed by atoms with van der Waals surface area (Å²) in [4.78, 5) is 43.3. The molecule has 3 rings (SSSR count). The average Bonchev–Trinajstić information content (AvgIpc) is 2.81. The maximum atomic E-state index is 13.5. The van der Waals surface area contributed by atoms with Gasteiger partial charge in [-0.3, -0.25) is 9.59 Å². The minimum absolute atomic E-state index is 0.0216. The van der Waals surface area contributed by atoms with Gasteiger partial charge >= 0.3 is 6.03 Å². The molecule has 34 heavy (non-hydrogen) atoms. The molecule has 1 aromatic rings. The molecule has 0 bridgehead atoms. The Morgan fingerprint density at radius 1 is 1.15 bits per heavy atom. The van der Waals surface area contributed by atoms with Crippen molar-refractivity contribution in [2.75, 3.05) is 26.7 Å². The highest BCUT2D eigenvalue weighted by Crippen LogP contribution is 2.30. The number of piperazine rings is 1. The summed E-state index contributed by atoms with van der Waals surface area (Å²) < 4.78 is 13.2. The fourth-order valence-corrected chi connectivity index (χ4v) is 4.79. The summed E-state index contributed by atoms with van der Waals surface area (Å²) in [7, 11) is 1.72. The highest BCUT2D eigenvalue weighted by Gasteiger charge is 2.51. The van der Waals surface area contributed by atoms with E-state index >= 15 is 0 Å². The van der Waals surface area contributed by atoms with Crippen LogP contribution in [0.5, 0.6) is 0 Å². The molecule has 1 aromatic carbocycles. The van der Waals surface area contributed by atoms with Crippen molar-refractivity contribution in [3.8, 4) is 0 Å². The number of hydrazine groups is 1. The summed E-state index contributed by atoms with van der Waals surface area (Å²) in [5.74, 6) is -0.516. The van der Waals surface area contributed by atoms with Crippen LogP contribution in [0.4, 0.5) is 9.18 Å². The van der Waals surface area contributed by atoms with Crippen molar-refractivity contribution < 1.29 is 18.8 Å². The Morgan fingerprint density at radius 3 is 2.50 bits per heavy atom. The van der Waals surface area contributed by atoms with Crippen LogP contribution in [0.15, 0.2) is 24.3 Å². The lowest BCUT2D eigenvalue weighted by molar-refractivity contribution is -0.190. The van der Waals surface area contributed by atoms with Crippen molar-refractivity contribution in [3.63, 3.8) is 0 Å². The van der Waals surface area contributed by atoms with Crippen LogP contribution in [0.25, 0.3) is 0 Å². The van der Waals surface area contributed by atoms with Crippen LogP contribution >= 0.6 is 0 Å². The van der Waals surface area contributed by atoms with E-state index in [1.165, 1.54) is 12.1 Å². The molecule has 0 radical (unpaired) electrons. The lowest BCUT2D eigenvalue weighted by atomic mass is 9.92. The van der Waals surface area contributed by atoms with Gasteiger partial charge in [0, 0.05) is 20.1 Å². The van der Waals surface area contributed by atoms with Crippen LogP contribution < -0.4 is 5.32 Å². The van der Waals surface area contributed by atoms with Crippen LogP contribution in [0.2, 0.25) is 0 Å². The quantitative estimate of drug-likeness (QED) is 0.557. The minimum atomic E-state index is -0.580. The smallest absolute Gasteiger partial charge is 0.334 e. The maximum absolute atomic E-state index is 13.5. The van der Waals surface area contributed by atoms with Crippen molar-refractivity contribution in [1.82, 2.24) is 25.1 Å². The average molecular weight is 476 g/mol. The van der Waals surface area contributed by atoms with E-state index in [1.807, 2.05) is 18.7 Å². The SMILES string of the molecule is CCCCCCN1C[C@H]2N(C(=O)CN(C)N2C(=O)NCc2ccc(F)cc2)[C@@H](C(C)CC)C1=O. The van der Waals surface area contributed by atoms with Crippen molar-refractivity contribution >= 4 is 17.8 Å². The van der Waals surface area contributed by atoms with Crippen molar-refractivity contribution in [2.45, 2.75) is 71.6 Å². The third-order valence-electron chi connectivity index (χ3n) is 6.90. The zero-order valence-electron chi connectivity index (χ0n) is 20.8. The van der Waals surface area contributed by atoms with E-state index < -0.39 is 12.2 Å². The van der Waals surface area contributed by atoms with E-state index in [1.54, 1.807) is 34.1 Å². The second-order valence-corrected chi connectivity index (χ2v) is 9.40. The summed E-state index contributed by atoms with van der Waals surface area (Å²) in [6, 6.07) is 5.04. The second-order valence-electron chi connectivity index (χ2n) is 9.40. The molecule has 2 heterocycles. The zero-order valence-corrected chi connectivity index (χ0v) is 20.8. The molecule has 8 nitrogen and oxygen atoms in total. The van der Waals surface area contributed by atoms with Crippen LogP contribution in [0.1, 0.15) is 58.4 Å². The third kappa shape index (κ3) is 5.68. The minimum Gasteiger partial charge on any atom is -0.337 e. The standard InChI is InChI=1S/C25H38FN5O3/c1-5-7-8-9-14-29-16-21-30(23(24(29)33)18(3)6-2)22(32)17-28(4)31(21)25(34)27-15-19-10-12-20(26)13-11-19/h10-13,18,21,23H,5-9,14-17H2,1-4H3,(H,27,34)/t18?,21-,23-/m0/s1. The molecule has 0 saturated carbocycles. The highest BCUT2D eigenvalue weighted by molar-refractivity contribution is 5.91. The topological polar surface area (TPSA) is 76.2 Å². The first-order valence-corrected chi connectivity index (χ1v) is 12.4. The van der Waals surface area contributed by atoms with Crippen LogP contribution in [-0.4, -0.2) is 76.6 Å². The summed E-state index contributed by atoms with van der Waals surface area (Å²) in [5.41, 5.74) is 0.774. The van der Waals surface area contributed by atoms with Gasteiger partial charge in [-0.05, 0) is 30.0 Å². The molecular weight excluding hydrogens is 437 g/mol. The Morgan fingerprint density at radius 2 is 1.85 bits per heavy atom. The van der Waals surface area contributed by atoms with Gasteiger partial charge in [0.25, 0.3) is 0 Å². The van der Waals surface area contributed by atoms with E-state index in [0.29, 0.717) is 6.54 Å². The van der Waals surface area contributed by atoms with Gasteiger partial charge in [-0.1, -0.05) is 58.6 Å². The largest absolute Gasteiger partial charge is 0.337 e. The molecule has 0 aliphatic carbocycles. The molecule has 0 aromatic heterocycles. The zero-order chi connectivity index (χ0) is 24.8. The van der Waals surface area contributed by atoms with Gasteiger partial charge < -0.3 is 15.1 Å². The Labute approximate surface area is 202 Å². The normalized spacial score (nSPS) is 22.1. The number of hydrogen-bond acceptors (Lipinski definition) is 4. The first kappa shape index (κ1) is 25.9. The number of urea groups is 1. The van der Waals surface area contributed by atoms with E-state index in [-0.39, 0.29) is 49.2 Å². The number of amides is 4. The van der Waals surface area contributed by atoms with E-state index in [9.17, 15) is 18.8 Å². The number of halogens is 1. The van der Waals surface area contributed by atoms with Crippen molar-refractivity contribution in [3.05, 3.63) is 35.6 Å². The molecule has 0 spiro atoms. The molecule has 2 saturated heterocycles. The predicted molar refractivity (Wildman–Crippen MR) is 128 cm³/mol. The molecular formula is C25H38FN5O3. The monoisotopic (exact) mass is 475 g/mol. The maximum Gasteiger partial charge on any atom is 0.334 e. The number of nitrogens with zero attached hydrogens (tertiary/aromatic N) is 4. The van der Waals surface area contributed by atoms with E-state index in [0.717, 1.165) is 37.7 Å². The molecule has 1 N–H and O–H groups in total. The predicted octanol–water partition coefficient (Wildman–Crippen LogP) is 3.19. The van der Waals surface area contributed by atoms with Crippen LogP contribution in [-0.2, 0) is 16.1 Å². The number of unbranched alkanes of at least 4 members (excludes halogenated alkanes) is 3. The van der Waals surface area contributed by atoms with Gasteiger partial charge in [-0.2, -0.15) is 0 Å². The molecule has 9 heteroatoms. The summed E-state index contributed by atoms with van der Waals surface area (Å²) in [6.07, 6.45) is 4.36. The van der Waals surface area contributed by atoms with Crippen molar-refractivity contribution in [1.29, 1.82) is 0 Å². The molecule has 1 unspecified atom stereocenters. The highest BCUT2D eigenvalue weighted by atomic mass is 19.1. The Balaban J connectivity index is 1.82. The summed E-state index contributed by atoms with van der Waals surface area (Å²) in [5, 5.41) is 6.08. The molecule has 3 atom stereocenters. The Hall–Kier alpha value is -2.68. The number of likely N-dealkylation sites (N-methyl/N-ethyl adjacent to an activating group) is 1. The van der Waals surface area contributed by atoms with Gasteiger partial charge in [0.05, 0.1) is 13.1 Å². The number of hydrogen-bond donors (Lipinski definition) is 1. The number of nitrogens with one attached hydrogen (secondary N) is 1. The molecule has 2 fully saturated rings. The lowest BCUT2D eigenvalue weighted by Crippen LogP contribution is -2.76. The first-order chi connectivity index (χ1) is 16.3. The number of carbonyl (C=O) groups excluding carboxylic acids is 3. The van der Waals surface area contributed by atoms with Crippen molar-refractivity contribution in [2.24, 2.45) is 5.92 Å². The molecule has 188 valence electrons. The van der Waals surface area contributed by atoms with E-state index in [2.05, 4.69) is 12.2 Å². The fourth-order valence-electron chi connectivity index (χ4n) is 4.79. The van der Waals surface area contributed by atoms with E-state index in [4.69, 9.17) is 0 Å². The molecule has 2 aliphatic rings. The van der Waals surface area contributed by atoms with Gasteiger partial charge in [-0.25, -0.2) is 19.2 Å². The number of rotatable bonds is 9. The first-order valence-electron chi connectivity index (χ1n) is 12.4. The van der Waals surface area contributed by atoms with Gasteiger partial charge in [-0.15, -0.1) is 0 Å². The summed E-state index contributed by atoms with van der Waals surface area (Å²) in [6.45, 7) is 7.33. The fraction of sp³-hybridized carbons (Fsp3) is 0.640. The number of carbonyl (C=O) groups is 3. The number of benzene rings is 1. The van der Waals surface area contributed by atoms with Gasteiger partial charge in [0.15, 0.2) is 0 Å². The van der Waals surface area contributed by atoms with Crippen LogP contribution in [0, 0.1) is 11.7 Å². The number of fused-ring (bicyclic) bond motifs is 1. The Kier molecular flexibility index (Phi) is 8.88. The summed E-state index contributed by atoms with van der Waals surface area (Å²) >= 11 is 0. The van der Waals surface area contributed by atoms with Crippen LogP contribution in [0.3, 0.4) is 0 Å².